The van der Waals surface area contributed by atoms with Gasteiger partial charge in [0, 0.05) is 10.9 Å². The fraction of sp³-hybridized carbons (Fsp3) is 0.214. The van der Waals surface area contributed by atoms with E-state index in [1.54, 1.807) is 43.3 Å². The van der Waals surface area contributed by atoms with Crippen molar-refractivity contribution in [1.82, 2.24) is 0 Å². The number of anilines is 1. The van der Waals surface area contributed by atoms with Gasteiger partial charge in [0.1, 0.15) is 17.1 Å². The SMILES string of the molecule is CCOc1ccc(C(=O)c2oc3ccccc3c2NC(=O)C(C)Oc2ccc(CC)cc2)cc1. The summed E-state index contributed by atoms with van der Waals surface area (Å²) in [7, 11) is 0. The number of para-hydroxylation sites is 1. The van der Waals surface area contributed by atoms with Gasteiger partial charge in [-0.05, 0) is 74.4 Å². The fourth-order valence-electron chi connectivity index (χ4n) is 3.62. The predicted molar refractivity (Wildman–Crippen MR) is 132 cm³/mol. The number of fused-ring (bicyclic) bond motifs is 1. The lowest BCUT2D eigenvalue weighted by Crippen LogP contribution is -2.30. The molecule has 4 rings (SSSR count). The van der Waals surface area contributed by atoms with Crippen molar-refractivity contribution < 1.29 is 23.5 Å². The molecule has 0 aliphatic carbocycles. The Labute approximate surface area is 198 Å². The van der Waals surface area contributed by atoms with Gasteiger partial charge >= 0.3 is 0 Å². The van der Waals surface area contributed by atoms with Crippen molar-refractivity contribution in [3.05, 3.63) is 89.7 Å². The summed E-state index contributed by atoms with van der Waals surface area (Å²) in [6.07, 6.45) is 0.143. The number of carbonyl (C=O) groups is 2. The monoisotopic (exact) mass is 457 g/mol. The average Bonchev–Trinajstić information content (AvgIpc) is 3.23. The minimum absolute atomic E-state index is 0.0678. The minimum Gasteiger partial charge on any atom is -0.494 e. The van der Waals surface area contributed by atoms with E-state index in [9.17, 15) is 9.59 Å². The third kappa shape index (κ3) is 4.96. The molecule has 0 aliphatic heterocycles. The molecule has 0 saturated carbocycles. The first-order valence-electron chi connectivity index (χ1n) is 11.4. The van der Waals surface area contributed by atoms with E-state index in [0.717, 1.165) is 6.42 Å². The van der Waals surface area contributed by atoms with Gasteiger partial charge in [-0.2, -0.15) is 0 Å². The molecule has 34 heavy (non-hydrogen) atoms. The number of hydrogen-bond donors (Lipinski definition) is 1. The molecule has 0 fully saturated rings. The number of furan rings is 1. The zero-order valence-electron chi connectivity index (χ0n) is 19.5. The lowest BCUT2D eigenvalue weighted by molar-refractivity contribution is -0.122. The smallest absolute Gasteiger partial charge is 0.265 e. The van der Waals surface area contributed by atoms with Crippen LogP contribution >= 0.6 is 0 Å². The maximum atomic E-state index is 13.3. The van der Waals surface area contributed by atoms with Gasteiger partial charge in [0.05, 0.1) is 12.3 Å². The van der Waals surface area contributed by atoms with Crippen LogP contribution in [0.5, 0.6) is 11.5 Å². The van der Waals surface area contributed by atoms with Gasteiger partial charge in [-0.25, -0.2) is 0 Å². The van der Waals surface area contributed by atoms with Gasteiger partial charge in [0.25, 0.3) is 5.91 Å². The van der Waals surface area contributed by atoms with Crippen molar-refractivity contribution in [2.45, 2.75) is 33.3 Å². The summed E-state index contributed by atoms with van der Waals surface area (Å²) in [5.74, 6) is 0.626. The van der Waals surface area contributed by atoms with Crippen LogP contribution in [-0.4, -0.2) is 24.4 Å². The van der Waals surface area contributed by atoms with Gasteiger partial charge in [-0.1, -0.05) is 31.2 Å². The van der Waals surface area contributed by atoms with Crippen LogP contribution in [0, 0.1) is 0 Å². The number of ether oxygens (including phenoxy) is 2. The molecule has 0 spiro atoms. The van der Waals surface area contributed by atoms with E-state index in [4.69, 9.17) is 13.9 Å². The Bertz CT molecular complexity index is 1290. The highest BCUT2D eigenvalue weighted by Crippen LogP contribution is 2.33. The minimum atomic E-state index is -0.783. The molecule has 3 aromatic carbocycles. The summed E-state index contributed by atoms with van der Waals surface area (Å²) < 4.78 is 17.2. The predicted octanol–water partition coefficient (Wildman–Crippen LogP) is 6.03. The Morgan fingerprint density at radius 1 is 0.912 bits per heavy atom. The number of aryl methyl sites for hydroxylation is 1. The zero-order chi connectivity index (χ0) is 24.1. The highest BCUT2D eigenvalue weighted by molar-refractivity contribution is 6.17. The van der Waals surface area contributed by atoms with E-state index in [-0.39, 0.29) is 17.5 Å². The van der Waals surface area contributed by atoms with Gasteiger partial charge in [-0.15, -0.1) is 0 Å². The quantitative estimate of drug-likeness (QED) is 0.311. The third-order valence-corrected chi connectivity index (χ3v) is 5.49. The normalized spacial score (nSPS) is 11.7. The van der Waals surface area contributed by atoms with Crippen LogP contribution in [0.2, 0.25) is 0 Å². The van der Waals surface area contributed by atoms with E-state index < -0.39 is 6.10 Å². The van der Waals surface area contributed by atoms with Crippen molar-refractivity contribution >= 4 is 28.3 Å². The Balaban J connectivity index is 1.59. The molecule has 1 unspecified atom stereocenters. The molecule has 0 aliphatic rings. The summed E-state index contributed by atoms with van der Waals surface area (Å²) >= 11 is 0. The van der Waals surface area contributed by atoms with E-state index >= 15 is 0 Å². The molecule has 1 heterocycles. The van der Waals surface area contributed by atoms with Crippen LogP contribution in [0.15, 0.2) is 77.2 Å². The number of amides is 1. The van der Waals surface area contributed by atoms with Crippen LogP contribution < -0.4 is 14.8 Å². The second-order valence-electron chi connectivity index (χ2n) is 7.84. The maximum Gasteiger partial charge on any atom is 0.265 e. The molecule has 6 heteroatoms. The van der Waals surface area contributed by atoms with Gasteiger partial charge in [-0.3, -0.25) is 9.59 Å². The molecule has 1 N–H and O–H groups in total. The van der Waals surface area contributed by atoms with E-state index in [1.165, 1.54) is 5.56 Å². The molecule has 0 radical (unpaired) electrons. The largest absolute Gasteiger partial charge is 0.494 e. The highest BCUT2D eigenvalue weighted by atomic mass is 16.5. The molecular weight excluding hydrogens is 430 g/mol. The molecular formula is C28H27NO5. The van der Waals surface area contributed by atoms with Crippen molar-refractivity contribution in [2.24, 2.45) is 0 Å². The standard InChI is InChI=1S/C28H27NO5/c1-4-19-10-14-22(15-11-19)33-18(3)28(31)29-25-23-8-6-7-9-24(23)34-27(25)26(30)20-12-16-21(17-13-20)32-5-2/h6-18H,4-5H2,1-3H3,(H,29,31). The molecule has 4 aromatic rings. The fourth-order valence-corrected chi connectivity index (χ4v) is 3.62. The van der Waals surface area contributed by atoms with Crippen LogP contribution in [0.1, 0.15) is 42.5 Å². The van der Waals surface area contributed by atoms with Gasteiger partial charge < -0.3 is 19.2 Å². The number of ketones is 1. The average molecular weight is 458 g/mol. The van der Waals surface area contributed by atoms with Crippen molar-refractivity contribution in [1.29, 1.82) is 0 Å². The van der Waals surface area contributed by atoms with Crippen molar-refractivity contribution in [3.63, 3.8) is 0 Å². The first kappa shape index (κ1) is 23.1. The van der Waals surface area contributed by atoms with Crippen molar-refractivity contribution in [3.8, 4) is 11.5 Å². The van der Waals surface area contributed by atoms with Crippen LogP contribution in [0.3, 0.4) is 0 Å². The van der Waals surface area contributed by atoms with E-state index in [0.29, 0.717) is 40.3 Å². The van der Waals surface area contributed by atoms with Crippen LogP contribution in [0.4, 0.5) is 5.69 Å². The zero-order valence-corrected chi connectivity index (χ0v) is 19.5. The van der Waals surface area contributed by atoms with E-state index in [2.05, 4.69) is 12.2 Å². The number of rotatable bonds is 9. The lowest BCUT2D eigenvalue weighted by atomic mass is 10.1. The summed E-state index contributed by atoms with van der Waals surface area (Å²) in [6, 6.07) is 21.7. The number of benzene rings is 3. The second kappa shape index (κ2) is 10.3. The summed E-state index contributed by atoms with van der Waals surface area (Å²) in [4.78, 5) is 26.3. The number of carbonyl (C=O) groups excluding carboxylic acids is 2. The van der Waals surface area contributed by atoms with Gasteiger partial charge in [0.2, 0.25) is 5.78 Å². The summed E-state index contributed by atoms with van der Waals surface area (Å²) in [5, 5.41) is 3.50. The molecule has 0 saturated heterocycles. The highest BCUT2D eigenvalue weighted by Gasteiger charge is 2.25. The number of nitrogens with one attached hydrogen (secondary N) is 1. The Morgan fingerprint density at radius 2 is 1.59 bits per heavy atom. The second-order valence-corrected chi connectivity index (χ2v) is 7.84. The Hall–Kier alpha value is -4.06. The maximum absolute atomic E-state index is 13.3. The third-order valence-electron chi connectivity index (χ3n) is 5.49. The van der Waals surface area contributed by atoms with Gasteiger partial charge in [0.15, 0.2) is 11.9 Å². The van der Waals surface area contributed by atoms with Crippen LogP contribution in [-0.2, 0) is 11.2 Å². The Morgan fingerprint density at radius 3 is 2.26 bits per heavy atom. The molecule has 1 amide bonds. The molecule has 174 valence electrons. The van der Waals surface area contributed by atoms with Crippen LogP contribution in [0.25, 0.3) is 11.0 Å². The molecule has 0 bridgehead atoms. The molecule has 1 aromatic heterocycles. The van der Waals surface area contributed by atoms with E-state index in [1.807, 2.05) is 43.3 Å². The molecule has 6 nitrogen and oxygen atoms in total. The first-order chi connectivity index (χ1) is 16.5. The summed E-state index contributed by atoms with van der Waals surface area (Å²) in [6.45, 7) is 6.18. The number of hydrogen-bond acceptors (Lipinski definition) is 5. The summed E-state index contributed by atoms with van der Waals surface area (Å²) in [5.41, 5.74) is 2.46. The lowest BCUT2D eigenvalue weighted by Gasteiger charge is -2.15. The Kier molecular flexibility index (Phi) is 6.97. The van der Waals surface area contributed by atoms with Crippen molar-refractivity contribution in [2.75, 3.05) is 11.9 Å². The topological polar surface area (TPSA) is 77.8 Å². The molecule has 1 atom stereocenters. The first-order valence-corrected chi connectivity index (χ1v) is 11.4.